The topological polar surface area (TPSA) is 96.8 Å². The summed E-state index contributed by atoms with van der Waals surface area (Å²) in [4.78, 5) is 6.82. The molecule has 9 heteroatoms. The Hall–Kier alpha value is -1.71. The highest BCUT2D eigenvalue weighted by molar-refractivity contribution is 7.86. The zero-order valence-corrected chi connectivity index (χ0v) is 18.1. The van der Waals surface area contributed by atoms with Crippen molar-refractivity contribution in [2.24, 2.45) is 16.0 Å². The van der Waals surface area contributed by atoms with E-state index in [-0.39, 0.29) is 16.9 Å². The van der Waals surface area contributed by atoms with Gasteiger partial charge in [-0.3, -0.25) is 0 Å². The van der Waals surface area contributed by atoms with Crippen LogP contribution in [-0.2, 0) is 10.2 Å². The third-order valence-electron chi connectivity index (χ3n) is 5.96. The highest BCUT2D eigenvalue weighted by Crippen LogP contribution is 2.52. The van der Waals surface area contributed by atoms with Gasteiger partial charge in [0.1, 0.15) is 11.8 Å². The number of hydrogen-bond donors (Lipinski definition) is 1. The number of nitrogens with two attached hydrogens (primary N) is 1. The lowest BCUT2D eigenvalue weighted by Crippen LogP contribution is -2.68. The van der Waals surface area contributed by atoms with Crippen LogP contribution in [0.4, 0.5) is 5.82 Å². The summed E-state index contributed by atoms with van der Waals surface area (Å²) in [6, 6.07) is 2.12. The molecule has 1 saturated heterocycles. The van der Waals surface area contributed by atoms with Crippen molar-refractivity contribution in [3.8, 4) is 0 Å². The average Bonchev–Trinajstić information content (AvgIpc) is 2.77. The molecule has 0 aromatic carbocycles. The maximum absolute atomic E-state index is 12.1. The molecule has 2 aromatic heterocycles. The van der Waals surface area contributed by atoms with E-state index in [0.29, 0.717) is 6.54 Å². The van der Waals surface area contributed by atoms with Crippen molar-refractivity contribution >= 4 is 21.5 Å². The van der Waals surface area contributed by atoms with Crippen molar-refractivity contribution in [3.63, 3.8) is 0 Å². The van der Waals surface area contributed by atoms with Crippen molar-refractivity contribution in [1.82, 2.24) is 18.9 Å². The molecule has 0 amide bonds. The number of aryl methyl sites for hydroxylation is 2. The molecule has 2 fully saturated rings. The fourth-order valence-corrected chi connectivity index (χ4v) is 5.97. The third kappa shape index (κ3) is 3.29. The lowest BCUT2D eigenvalue weighted by molar-refractivity contribution is 0.00509. The number of fused-ring (bicyclic) bond motifs is 1. The van der Waals surface area contributed by atoms with E-state index in [9.17, 15) is 8.42 Å². The number of rotatable bonds is 4. The molecule has 8 nitrogen and oxygen atoms in total. The van der Waals surface area contributed by atoms with E-state index in [1.165, 1.54) is 9.87 Å². The van der Waals surface area contributed by atoms with Crippen LogP contribution in [0.5, 0.6) is 0 Å². The van der Waals surface area contributed by atoms with Gasteiger partial charge in [-0.05, 0) is 43.7 Å². The summed E-state index contributed by atoms with van der Waals surface area (Å²) in [6.07, 6.45) is 3.32. The monoisotopic (exact) mass is 406 g/mol. The first-order chi connectivity index (χ1) is 12.9. The van der Waals surface area contributed by atoms with E-state index in [2.05, 4.69) is 28.0 Å². The molecule has 1 saturated carbocycles. The maximum atomic E-state index is 12.1. The molecule has 2 aliphatic rings. The second-order valence-electron chi connectivity index (χ2n) is 9.88. The van der Waals surface area contributed by atoms with Crippen LogP contribution in [0.15, 0.2) is 12.4 Å². The molecule has 1 aliphatic heterocycles. The minimum absolute atomic E-state index is 0.000857. The molecule has 2 N–H and O–H groups in total. The predicted octanol–water partition coefficient (Wildman–Crippen LogP) is 1.87. The van der Waals surface area contributed by atoms with Crippen LogP contribution in [0, 0.1) is 24.7 Å². The minimum Gasteiger partial charge on any atom is -0.354 e. The van der Waals surface area contributed by atoms with Gasteiger partial charge in [0.15, 0.2) is 5.82 Å². The van der Waals surface area contributed by atoms with E-state index < -0.39 is 10.2 Å². The molecule has 0 atom stereocenters. The summed E-state index contributed by atoms with van der Waals surface area (Å²) in [5.41, 5.74) is 3.37. The zero-order chi connectivity index (χ0) is 20.5. The first-order valence-corrected chi connectivity index (χ1v) is 11.2. The summed E-state index contributed by atoms with van der Waals surface area (Å²) >= 11 is 0. The number of nitrogens with zero attached hydrogens (tertiary/aromatic N) is 5. The van der Waals surface area contributed by atoms with Crippen molar-refractivity contribution in [2.75, 3.05) is 24.5 Å². The molecule has 28 heavy (non-hydrogen) atoms. The normalized spacial score (nSPS) is 20.0. The quantitative estimate of drug-likeness (QED) is 0.836. The van der Waals surface area contributed by atoms with E-state index >= 15 is 0 Å². The van der Waals surface area contributed by atoms with Crippen LogP contribution in [0.3, 0.4) is 0 Å². The van der Waals surface area contributed by atoms with Gasteiger partial charge in [-0.15, -0.1) is 0 Å². The standard InChI is InChI=1S/C19H30N6O2S/c1-13-6-14(2)25-16(13)17(21-12-22-25)23-10-19(11-23)7-15(8-19)24(28(20,26)27)9-18(3,4)5/h6,12,15H,7-11H2,1-5H3,(H2,20,26,27). The Morgan fingerprint density at radius 1 is 1.29 bits per heavy atom. The van der Waals surface area contributed by atoms with Crippen LogP contribution in [-0.4, -0.2) is 53.0 Å². The third-order valence-corrected chi connectivity index (χ3v) is 7.04. The molecular formula is C19H30N6O2S. The summed E-state index contributed by atoms with van der Waals surface area (Å²) in [7, 11) is -3.69. The number of anilines is 1. The minimum atomic E-state index is -3.69. The van der Waals surface area contributed by atoms with Gasteiger partial charge in [-0.1, -0.05) is 20.8 Å². The van der Waals surface area contributed by atoms with E-state index in [4.69, 9.17) is 5.14 Å². The van der Waals surface area contributed by atoms with Crippen molar-refractivity contribution in [3.05, 3.63) is 23.7 Å². The largest absolute Gasteiger partial charge is 0.354 e. The Morgan fingerprint density at radius 3 is 2.50 bits per heavy atom. The Kier molecular flexibility index (Phi) is 4.30. The van der Waals surface area contributed by atoms with E-state index in [0.717, 1.165) is 43.0 Å². The lowest BCUT2D eigenvalue weighted by Gasteiger charge is -2.61. The number of hydrogen-bond acceptors (Lipinski definition) is 5. The van der Waals surface area contributed by atoms with Gasteiger partial charge in [0.2, 0.25) is 0 Å². The second-order valence-corrected chi connectivity index (χ2v) is 11.4. The van der Waals surface area contributed by atoms with Gasteiger partial charge < -0.3 is 4.90 Å². The van der Waals surface area contributed by atoms with Gasteiger partial charge in [-0.25, -0.2) is 14.6 Å². The maximum Gasteiger partial charge on any atom is 0.277 e. The molecule has 1 spiro atoms. The molecule has 3 heterocycles. The lowest BCUT2D eigenvalue weighted by atomic mass is 9.60. The Morgan fingerprint density at radius 2 is 1.93 bits per heavy atom. The van der Waals surface area contributed by atoms with Crippen LogP contribution in [0.25, 0.3) is 5.52 Å². The molecule has 4 rings (SSSR count). The van der Waals surface area contributed by atoms with Crippen molar-refractivity contribution in [2.45, 2.75) is 53.5 Å². The van der Waals surface area contributed by atoms with Crippen LogP contribution < -0.4 is 10.0 Å². The summed E-state index contributed by atoms with van der Waals surface area (Å²) in [5, 5.41) is 9.87. The Balaban J connectivity index is 1.47. The first-order valence-electron chi connectivity index (χ1n) is 9.73. The summed E-state index contributed by atoms with van der Waals surface area (Å²) < 4.78 is 27.7. The summed E-state index contributed by atoms with van der Waals surface area (Å²) in [5.74, 6) is 0.965. The highest BCUT2D eigenvalue weighted by atomic mass is 32.2. The highest BCUT2D eigenvalue weighted by Gasteiger charge is 2.56. The van der Waals surface area contributed by atoms with Crippen molar-refractivity contribution in [1.29, 1.82) is 0 Å². The van der Waals surface area contributed by atoms with Crippen LogP contribution in [0.2, 0.25) is 0 Å². The van der Waals surface area contributed by atoms with Gasteiger partial charge in [0, 0.05) is 36.8 Å². The molecule has 0 radical (unpaired) electrons. The molecular weight excluding hydrogens is 376 g/mol. The fourth-order valence-electron chi connectivity index (χ4n) is 4.84. The molecule has 154 valence electrons. The fraction of sp³-hybridized carbons (Fsp3) is 0.684. The van der Waals surface area contributed by atoms with Gasteiger partial charge in [-0.2, -0.15) is 17.8 Å². The van der Waals surface area contributed by atoms with Crippen LogP contribution >= 0.6 is 0 Å². The molecule has 1 aliphatic carbocycles. The van der Waals surface area contributed by atoms with Gasteiger partial charge >= 0.3 is 0 Å². The Labute approximate surface area is 166 Å². The van der Waals surface area contributed by atoms with Gasteiger partial charge in [0.25, 0.3) is 10.2 Å². The smallest absolute Gasteiger partial charge is 0.277 e. The zero-order valence-electron chi connectivity index (χ0n) is 17.3. The SMILES string of the molecule is Cc1cc(C)n2ncnc(N3CC4(CC(N(CC(C)(C)C)S(N)(=O)=O)C4)C3)c12. The van der Waals surface area contributed by atoms with Gasteiger partial charge in [0.05, 0.1) is 0 Å². The van der Waals surface area contributed by atoms with E-state index in [1.54, 1.807) is 6.33 Å². The molecule has 0 bridgehead atoms. The Bertz CT molecular complexity index is 1010. The average molecular weight is 407 g/mol. The molecule has 2 aromatic rings. The number of aromatic nitrogens is 3. The van der Waals surface area contributed by atoms with Crippen LogP contribution in [0.1, 0.15) is 44.9 Å². The van der Waals surface area contributed by atoms with E-state index in [1.807, 2.05) is 32.2 Å². The summed E-state index contributed by atoms with van der Waals surface area (Å²) in [6.45, 7) is 12.5. The van der Waals surface area contributed by atoms with Crippen molar-refractivity contribution < 1.29 is 8.42 Å². The predicted molar refractivity (Wildman–Crippen MR) is 109 cm³/mol. The molecule has 0 unspecified atom stereocenters. The first kappa shape index (κ1) is 19.6. The second kappa shape index (κ2) is 6.14.